The number of hydrogen-bond donors (Lipinski definition) is 1. The van der Waals surface area contributed by atoms with Crippen molar-refractivity contribution < 1.29 is 14.1 Å². The summed E-state index contributed by atoms with van der Waals surface area (Å²) in [6.45, 7) is 4.43. The van der Waals surface area contributed by atoms with Gasteiger partial charge in [-0.2, -0.15) is 0 Å². The molecule has 1 amide bonds. The molecule has 0 bridgehead atoms. The Morgan fingerprint density at radius 2 is 2.04 bits per heavy atom. The predicted molar refractivity (Wildman–Crippen MR) is 90.1 cm³/mol. The van der Waals surface area contributed by atoms with Crippen LogP contribution in [0.25, 0.3) is 0 Å². The summed E-state index contributed by atoms with van der Waals surface area (Å²) in [7, 11) is 1.66. The zero-order valence-electron chi connectivity index (χ0n) is 14.1. The Hall–Kier alpha value is -2.34. The lowest BCUT2D eigenvalue weighted by atomic mass is 10.1. The summed E-state index contributed by atoms with van der Waals surface area (Å²) in [6, 6.07) is 9.83. The molecule has 1 unspecified atom stereocenters. The average molecular weight is 329 g/mol. The number of aromatic nitrogens is 1. The van der Waals surface area contributed by atoms with Crippen molar-refractivity contribution in [3.63, 3.8) is 0 Å². The highest BCUT2D eigenvalue weighted by atomic mass is 16.5. The number of methoxy groups -OCH3 is 1. The molecule has 1 fully saturated rings. The van der Waals surface area contributed by atoms with Crippen LogP contribution >= 0.6 is 0 Å². The molecule has 0 saturated carbocycles. The van der Waals surface area contributed by atoms with Crippen molar-refractivity contribution >= 4 is 5.91 Å². The summed E-state index contributed by atoms with van der Waals surface area (Å²) in [5.41, 5.74) is 1.87. The molecule has 6 nitrogen and oxygen atoms in total. The van der Waals surface area contributed by atoms with E-state index in [1.807, 2.05) is 12.1 Å². The molecule has 0 aliphatic carbocycles. The third kappa shape index (κ3) is 3.76. The van der Waals surface area contributed by atoms with Crippen LogP contribution in [0, 0.1) is 6.92 Å². The SMILES string of the molecule is COc1ccc(C(CNC(=O)c2cc(C)no2)N2CCCC2)cc1. The maximum atomic E-state index is 12.2. The number of carbonyl (C=O) groups is 1. The fourth-order valence-corrected chi connectivity index (χ4v) is 3.08. The number of ether oxygens (including phenoxy) is 1. The molecule has 1 aliphatic heterocycles. The van der Waals surface area contributed by atoms with E-state index in [1.54, 1.807) is 20.1 Å². The molecule has 2 heterocycles. The van der Waals surface area contributed by atoms with Crippen LogP contribution in [0.1, 0.15) is 40.7 Å². The van der Waals surface area contributed by atoms with Gasteiger partial charge in [0.2, 0.25) is 5.76 Å². The normalized spacial score (nSPS) is 16.1. The first kappa shape index (κ1) is 16.5. The fourth-order valence-electron chi connectivity index (χ4n) is 3.08. The molecule has 2 aromatic rings. The Bertz CT molecular complexity index is 675. The first-order valence-electron chi connectivity index (χ1n) is 8.27. The van der Waals surface area contributed by atoms with Crippen LogP contribution in [-0.4, -0.2) is 42.7 Å². The van der Waals surface area contributed by atoms with Gasteiger partial charge < -0.3 is 14.6 Å². The Kier molecular flexibility index (Phi) is 5.15. The highest BCUT2D eigenvalue weighted by molar-refractivity contribution is 5.91. The minimum Gasteiger partial charge on any atom is -0.497 e. The lowest BCUT2D eigenvalue weighted by Gasteiger charge is -2.28. The molecule has 3 rings (SSSR count). The standard InChI is InChI=1S/C18H23N3O3/c1-13-11-17(24-20-13)18(22)19-12-16(21-9-3-4-10-21)14-5-7-15(23-2)8-6-14/h5-8,11,16H,3-4,9-10,12H2,1-2H3,(H,19,22). The van der Waals surface area contributed by atoms with Gasteiger partial charge in [-0.3, -0.25) is 9.69 Å². The van der Waals surface area contributed by atoms with Gasteiger partial charge in [0.25, 0.3) is 5.91 Å². The fraction of sp³-hybridized carbons (Fsp3) is 0.444. The van der Waals surface area contributed by atoms with E-state index in [-0.39, 0.29) is 17.7 Å². The summed E-state index contributed by atoms with van der Waals surface area (Å²) in [5.74, 6) is 0.857. The molecule has 1 aromatic heterocycles. The molecule has 1 aliphatic rings. The van der Waals surface area contributed by atoms with Gasteiger partial charge in [0, 0.05) is 12.6 Å². The number of rotatable bonds is 6. The molecule has 24 heavy (non-hydrogen) atoms. The molecular formula is C18H23N3O3. The number of likely N-dealkylation sites (tertiary alicyclic amines) is 1. The number of carbonyl (C=O) groups excluding carboxylic acids is 1. The molecule has 1 N–H and O–H groups in total. The van der Waals surface area contributed by atoms with Crippen LogP contribution in [0.2, 0.25) is 0 Å². The van der Waals surface area contributed by atoms with E-state index in [0.29, 0.717) is 12.2 Å². The van der Waals surface area contributed by atoms with Crippen LogP contribution in [0.4, 0.5) is 0 Å². The maximum absolute atomic E-state index is 12.2. The van der Waals surface area contributed by atoms with E-state index >= 15 is 0 Å². The van der Waals surface area contributed by atoms with Crippen molar-refractivity contribution in [1.29, 1.82) is 0 Å². The summed E-state index contributed by atoms with van der Waals surface area (Å²) in [4.78, 5) is 14.6. The van der Waals surface area contributed by atoms with Gasteiger partial charge in [-0.05, 0) is 50.6 Å². The number of amides is 1. The summed E-state index contributed by atoms with van der Waals surface area (Å²) >= 11 is 0. The maximum Gasteiger partial charge on any atom is 0.289 e. The molecule has 0 radical (unpaired) electrons. The molecule has 128 valence electrons. The van der Waals surface area contributed by atoms with Crippen molar-refractivity contribution in [2.45, 2.75) is 25.8 Å². The molecule has 1 atom stereocenters. The van der Waals surface area contributed by atoms with E-state index < -0.39 is 0 Å². The number of aryl methyl sites for hydroxylation is 1. The van der Waals surface area contributed by atoms with Gasteiger partial charge in [0.1, 0.15) is 5.75 Å². The Balaban J connectivity index is 1.71. The van der Waals surface area contributed by atoms with E-state index in [2.05, 4.69) is 27.5 Å². The van der Waals surface area contributed by atoms with E-state index in [1.165, 1.54) is 18.4 Å². The highest BCUT2D eigenvalue weighted by Crippen LogP contribution is 2.26. The van der Waals surface area contributed by atoms with Crippen LogP contribution in [0.3, 0.4) is 0 Å². The van der Waals surface area contributed by atoms with Gasteiger partial charge in [-0.25, -0.2) is 0 Å². The average Bonchev–Trinajstić information content (AvgIpc) is 3.27. The second-order valence-electron chi connectivity index (χ2n) is 6.07. The molecule has 1 saturated heterocycles. The molecular weight excluding hydrogens is 306 g/mol. The first-order valence-corrected chi connectivity index (χ1v) is 8.27. The monoisotopic (exact) mass is 329 g/mol. The summed E-state index contributed by atoms with van der Waals surface area (Å²) in [6.07, 6.45) is 2.39. The van der Waals surface area contributed by atoms with Crippen molar-refractivity contribution in [1.82, 2.24) is 15.4 Å². The van der Waals surface area contributed by atoms with Crippen molar-refractivity contribution in [2.75, 3.05) is 26.7 Å². The lowest BCUT2D eigenvalue weighted by Crippen LogP contribution is -2.36. The smallest absolute Gasteiger partial charge is 0.289 e. The van der Waals surface area contributed by atoms with Gasteiger partial charge in [-0.1, -0.05) is 17.3 Å². The van der Waals surface area contributed by atoms with Crippen LogP contribution in [0.15, 0.2) is 34.9 Å². The number of nitrogens with zero attached hydrogens (tertiary/aromatic N) is 2. The van der Waals surface area contributed by atoms with Crippen LogP contribution in [-0.2, 0) is 0 Å². The number of hydrogen-bond acceptors (Lipinski definition) is 5. The predicted octanol–water partition coefficient (Wildman–Crippen LogP) is 2.56. The largest absolute Gasteiger partial charge is 0.497 e. The molecule has 1 aromatic carbocycles. The van der Waals surface area contributed by atoms with E-state index in [0.717, 1.165) is 18.8 Å². The van der Waals surface area contributed by atoms with Crippen LogP contribution < -0.4 is 10.1 Å². The second kappa shape index (κ2) is 7.49. The van der Waals surface area contributed by atoms with Crippen molar-refractivity contribution in [3.8, 4) is 5.75 Å². The topological polar surface area (TPSA) is 67.6 Å². The third-order valence-electron chi connectivity index (χ3n) is 4.39. The number of benzene rings is 1. The Labute approximate surface area is 141 Å². The van der Waals surface area contributed by atoms with Crippen molar-refractivity contribution in [2.24, 2.45) is 0 Å². The second-order valence-corrected chi connectivity index (χ2v) is 6.07. The first-order chi connectivity index (χ1) is 11.7. The molecule has 6 heteroatoms. The zero-order valence-corrected chi connectivity index (χ0v) is 14.1. The zero-order chi connectivity index (χ0) is 16.9. The van der Waals surface area contributed by atoms with Gasteiger partial charge in [-0.15, -0.1) is 0 Å². The third-order valence-corrected chi connectivity index (χ3v) is 4.39. The summed E-state index contributed by atoms with van der Waals surface area (Å²) in [5, 5.41) is 6.73. The summed E-state index contributed by atoms with van der Waals surface area (Å²) < 4.78 is 10.3. The lowest BCUT2D eigenvalue weighted by molar-refractivity contribution is 0.0901. The molecule has 0 spiro atoms. The minimum absolute atomic E-state index is 0.145. The quantitative estimate of drug-likeness (QED) is 0.882. The minimum atomic E-state index is -0.228. The van der Waals surface area contributed by atoms with E-state index in [4.69, 9.17) is 9.26 Å². The van der Waals surface area contributed by atoms with E-state index in [9.17, 15) is 4.79 Å². The number of nitrogens with one attached hydrogen (secondary N) is 1. The van der Waals surface area contributed by atoms with Gasteiger partial charge >= 0.3 is 0 Å². The highest BCUT2D eigenvalue weighted by Gasteiger charge is 2.24. The Morgan fingerprint density at radius 3 is 2.62 bits per heavy atom. The Morgan fingerprint density at radius 1 is 1.33 bits per heavy atom. The van der Waals surface area contributed by atoms with Gasteiger partial charge in [0.15, 0.2) is 0 Å². The van der Waals surface area contributed by atoms with Gasteiger partial charge in [0.05, 0.1) is 18.8 Å². The van der Waals surface area contributed by atoms with Crippen molar-refractivity contribution in [3.05, 3.63) is 47.3 Å². The van der Waals surface area contributed by atoms with Crippen LogP contribution in [0.5, 0.6) is 5.75 Å².